The van der Waals surface area contributed by atoms with Crippen molar-refractivity contribution in [3.63, 3.8) is 0 Å². The van der Waals surface area contributed by atoms with Crippen molar-refractivity contribution in [1.29, 1.82) is 0 Å². The van der Waals surface area contributed by atoms with Crippen LogP contribution in [0.3, 0.4) is 0 Å². The van der Waals surface area contributed by atoms with Gasteiger partial charge in [-0.25, -0.2) is 9.59 Å². The van der Waals surface area contributed by atoms with Crippen LogP contribution in [-0.2, 0) is 9.59 Å². The fourth-order valence-corrected chi connectivity index (χ4v) is 2.06. The van der Waals surface area contributed by atoms with E-state index in [0.717, 1.165) is 6.42 Å². The summed E-state index contributed by atoms with van der Waals surface area (Å²) in [4.78, 5) is 34.9. The molecule has 3 N–H and O–H groups in total. The van der Waals surface area contributed by atoms with Gasteiger partial charge in [0, 0.05) is 13.1 Å². The Morgan fingerprint density at radius 2 is 1.89 bits per heavy atom. The van der Waals surface area contributed by atoms with Crippen molar-refractivity contribution < 1.29 is 24.6 Å². The van der Waals surface area contributed by atoms with E-state index in [2.05, 4.69) is 12.2 Å². The van der Waals surface area contributed by atoms with Crippen LogP contribution in [0.15, 0.2) is 0 Å². The van der Waals surface area contributed by atoms with E-state index >= 15 is 0 Å². The number of urea groups is 1. The highest BCUT2D eigenvalue weighted by atomic mass is 16.4. The van der Waals surface area contributed by atoms with E-state index < -0.39 is 30.4 Å². The first kappa shape index (κ1) is 15.3. The zero-order valence-corrected chi connectivity index (χ0v) is 11.1. The first-order chi connectivity index (χ1) is 8.81. The first-order valence-corrected chi connectivity index (χ1v) is 6.31. The minimum Gasteiger partial charge on any atom is -0.481 e. The number of hydrogen-bond donors (Lipinski definition) is 3. The monoisotopic (exact) mass is 272 g/mol. The molecule has 3 unspecified atom stereocenters. The third kappa shape index (κ3) is 4.42. The molecule has 0 saturated carbocycles. The van der Waals surface area contributed by atoms with Gasteiger partial charge in [-0.15, -0.1) is 0 Å². The predicted octanol–water partition coefficient (Wildman–Crippen LogP) is 0.602. The van der Waals surface area contributed by atoms with Crippen LogP contribution < -0.4 is 5.32 Å². The summed E-state index contributed by atoms with van der Waals surface area (Å²) in [7, 11) is 0. The third-order valence-corrected chi connectivity index (χ3v) is 3.60. The van der Waals surface area contributed by atoms with Gasteiger partial charge in [-0.3, -0.25) is 4.79 Å². The van der Waals surface area contributed by atoms with Crippen LogP contribution in [0, 0.1) is 11.8 Å². The molecule has 2 amide bonds. The standard InChI is InChI=1S/C12H20N2O5/c1-7-3-4-14(6-8(7)2)12(19)13-9(11(17)18)5-10(15)16/h7-9H,3-6H2,1-2H3,(H,13,19)(H,15,16)(H,17,18). The molecular formula is C12H20N2O5. The summed E-state index contributed by atoms with van der Waals surface area (Å²) in [5, 5.41) is 19.7. The SMILES string of the molecule is CC1CCN(C(=O)NC(CC(=O)O)C(=O)O)CC1C. The summed E-state index contributed by atoms with van der Waals surface area (Å²) < 4.78 is 0. The number of hydrogen-bond acceptors (Lipinski definition) is 3. The molecular weight excluding hydrogens is 252 g/mol. The molecule has 1 aliphatic rings. The number of nitrogens with one attached hydrogen (secondary N) is 1. The molecule has 1 rings (SSSR count). The number of carboxylic acid groups (broad SMARTS) is 2. The van der Waals surface area contributed by atoms with E-state index in [4.69, 9.17) is 10.2 Å². The lowest BCUT2D eigenvalue weighted by Gasteiger charge is -2.35. The number of nitrogens with zero attached hydrogens (tertiary/aromatic N) is 1. The van der Waals surface area contributed by atoms with Gasteiger partial charge in [0.2, 0.25) is 0 Å². The molecule has 0 aromatic carbocycles. The Morgan fingerprint density at radius 1 is 1.26 bits per heavy atom. The maximum atomic E-state index is 11.9. The average Bonchev–Trinajstić information content (AvgIpc) is 2.31. The zero-order valence-electron chi connectivity index (χ0n) is 11.1. The van der Waals surface area contributed by atoms with Crippen molar-refractivity contribution in [2.24, 2.45) is 11.8 Å². The van der Waals surface area contributed by atoms with Crippen LogP contribution in [0.5, 0.6) is 0 Å². The number of piperidine rings is 1. The van der Waals surface area contributed by atoms with E-state index in [0.29, 0.717) is 24.9 Å². The van der Waals surface area contributed by atoms with Gasteiger partial charge in [-0.05, 0) is 18.3 Å². The largest absolute Gasteiger partial charge is 0.481 e. The molecule has 1 aliphatic heterocycles. The number of likely N-dealkylation sites (tertiary alicyclic amines) is 1. The summed E-state index contributed by atoms with van der Waals surface area (Å²) in [5.41, 5.74) is 0. The Labute approximate surface area is 111 Å². The second-order valence-electron chi connectivity index (χ2n) is 5.13. The Morgan fingerprint density at radius 3 is 2.37 bits per heavy atom. The highest BCUT2D eigenvalue weighted by molar-refractivity contribution is 5.86. The summed E-state index contributed by atoms with van der Waals surface area (Å²) in [6.07, 6.45) is 0.242. The summed E-state index contributed by atoms with van der Waals surface area (Å²) in [6, 6.07) is -1.90. The molecule has 1 fully saturated rings. The van der Waals surface area contributed by atoms with Gasteiger partial charge in [0.1, 0.15) is 6.04 Å². The number of carbonyl (C=O) groups excluding carboxylic acids is 1. The molecule has 7 heteroatoms. The lowest BCUT2D eigenvalue weighted by molar-refractivity contribution is -0.145. The average molecular weight is 272 g/mol. The number of amides is 2. The summed E-state index contributed by atoms with van der Waals surface area (Å²) in [6.45, 7) is 5.28. The fourth-order valence-electron chi connectivity index (χ4n) is 2.06. The van der Waals surface area contributed by atoms with Crippen molar-refractivity contribution in [2.75, 3.05) is 13.1 Å². The number of carboxylic acids is 2. The number of carbonyl (C=O) groups is 3. The molecule has 108 valence electrons. The third-order valence-electron chi connectivity index (χ3n) is 3.60. The van der Waals surface area contributed by atoms with Crippen LogP contribution in [0.1, 0.15) is 26.7 Å². The van der Waals surface area contributed by atoms with Crippen molar-refractivity contribution in [1.82, 2.24) is 10.2 Å². The van der Waals surface area contributed by atoms with Crippen LogP contribution >= 0.6 is 0 Å². The minimum atomic E-state index is -1.39. The van der Waals surface area contributed by atoms with Gasteiger partial charge >= 0.3 is 18.0 Å². The Hall–Kier alpha value is -1.79. The fraction of sp³-hybridized carbons (Fsp3) is 0.750. The molecule has 19 heavy (non-hydrogen) atoms. The maximum Gasteiger partial charge on any atom is 0.326 e. The van der Waals surface area contributed by atoms with Crippen LogP contribution in [0.4, 0.5) is 4.79 Å². The quantitative estimate of drug-likeness (QED) is 0.694. The lowest BCUT2D eigenvalue weighted by atomic mass is 9.89. The van der Waals surface area contributed by atoms with E-state index in [9.17, 15) is 14.4 Å². The maximum absolute atomic E-state index is 11.9. The van der Waals surface area contributed by atoms with E-state index in [1.165, 1.54) is 0 Å². The van der Waals surface area contributed by atoms with E-state index in [-0.39, 0.29) is 0 Å². The minimum absolute atomic E-state index is 0.349. The molecule has 0 radical (unpaired) electrons. The number of rotatable bonds is 4. The lowest BCUT2D eigenvalue weighted by Crippen LogP contribution is -2.52. The predicted molar refractivity (Wildman–Crippen MR) is 66.7 cm³/mol. The molecule has 0 bridgehead atoms. The second kappa shape index (κ2) is 6.40. The van der Waals surface area contributed by atoms with E-state index in [1.54, 1.807) is 4.90 Å². The highest BCUT2D eigenvalue weighted by Crippen LogP contribution is 2.22. The molecule has 0 aliphatic carbocycles. The van der Waals surface area contributed by atoms with Gasteiger partial charge < -0.3 is 20.4 Å². The van der Waals surface area contributed by atoms with Crippen LogP contribution in [0.25, 0.3) is 0 Å². The van der Waals surface area contributed by atoms with Crippen molar-refractivity contribution in [3.8, 4) is 0 Å². The molecule has 1 heterocycles. The molecule has 0 spiro atoms. The van der Waals surface area contributed by atoms with Gasteiger partial charge in [0.15, 0.2) is 0 Å². The topological polar surface area (TPSA) is 107 Å². The van der Waals surface area contributed by atoms with Crippen molar-refractivity contribution in [3.05, 3.63) is 0 Å². The molecule has 0 aromatic heterocycles. The van der Waals surface area contributed by atoms with Crippen molar-refractivity contribution in [2.45, 2.75) is 32.7 Å². The van der Waals surface area contributed by atoms with Crippen molar-refractivity contribution >= 4 is 18.0 Å². The Bertz CT molecular complexity index is 371. The second-order valence-corrected chi connectivity index (χ2v) is 5.13. The number of aliphatic carboxylic acids is 2. The summed E-state index contributed by atoms with van der Waals surface area (Å²) >= 11 is 0. The Balaban J connectivity index is 2.57. The van der Waals surface area contributed by atoms with Gasteiger partial charge in [-0.1, -0.05) is 13.8 Å². The van der Waals surface area contributed by atoms with E-state index in [1.807, 2.05) is 6.92 Å². The molecule has 3 atom stereocenters. The highest BCUT2D eigenvalue weighted by Gasteiger charge is 2.29. The zero-order chi connectivity index (χ0) is 14.6. The Kier molecular flexibility index (Phi) is 5.14. The summed E-state index contributed by atoms with van der Waals surface area (Å²) in [5.74, 6) is -1.72. The van der Waals surface area contributed by atoms with Crippen LogP contribution in [0.2, 0.25) is 0 Å². The smallest absolute Gasteiger partial charge is 0.326 e. The first-order valence-electron chi connectivity index (χ1n) is 6.31. The molecule has 7 nitrogen and oxygen atoms in total. The normalized spacial score (nSPS) is 24.6. The van der Waals surface area contributed by atoms with Gasteiger partial charge in [0.25, 0.3) is 0 Å². The van der Waals surface area contributed by atoms with Crippen LogP contribution in [-0.4, -0.2) is 52.2 Å². The van der Waals surface area contributed by atoms with Gasteiger partial charge in [-0.2, -0.15) is 0 Å². The molecule has 1 saturated heterocycles. The molecule has 0 aromatic rings. The van der Waals surface area contributed by atoms with Gasteiger partial charge in [0.05, 0.1) is 6.42 Å².